The molecule has 0 aliphatic carbocycles. The molecule has 10 heteroatoms. The molecule has 32 heavy (non-hydrogen) atoms. The molecule has 2 amide bonds. The molecule has 3 aliphatic rings. The zero-order valence-corrected chi connectivity index (χ0v) is 17.2. The first-order valence-corrected chi connectivity index (χ1v) is 10.8. The Morgan fingerprint density at radius 1 is 1.12 bits per heavy atom. The van der Waals surface area contributed by atoms with Crippen molar-refractivity contribution in [1.29, 1.82) is 0 Å². The van der Waals surface area contributed by atoms with Gasteiger partial charge < -0.3 is 14.9 Å². The quantitative estimate of drug-likeness (QED) is 0.678. The van der Waals surface area contributed by atoms with Gasteiger partial charge in [0, 0.05) is 31.4 Å². The van der Waals surface area contributed by atoms with Crippen LogP contribution in [0.3, 0.4) is 0 Å². The van der Waals surface area contributed by atoms with E-state index >= 15 is 0 Å². The normalized spacial score (nSPS) is 25.4. The SMILES string of the molecule is O=C1N(c2cnn3ccc(N4CCC[C@@H]4c4cc(F)ccc4F)nc23)C[C@@H]2C[C@H](O)CN12. The number of nitrogens with zero attached hydrogens (tertiary/aromatic N) is 6. The Morgan fingerprint density at radius 3 is 2.84 bits per heavy atom. The van der Waals surface area contributed by atoms with E-state index in [1.54, 1.807) is 32.8 Å². The van der Waals surface area contributed by atoms with Crippen LogP contribution in [0.5, 0.6) is 0 Å². The molecule has 0 bridgehead atoms. The summed E-state index contributed by atoms with van der Waals surface area (Å²) < 4.78 is 29.9. The van der Waals surface area contributed by atoms with Gasteiger partial charge in [-0.1, -0.05) is 0 Å². The van der Waals surface area contributed by atoms with Crippen LogP contribution in [0, 0.1) is 11.6 Å². The molecule has 5 heterocycles. The second-order valence-corrected chi connectivity index (χ2v) is 8.69. The van der Waals surface area contributed by atoms with Crippen LogP contribution < -0.4 is 9.80 Å². The summed E-state index contributed by atoms with van der Waals surface area (Å²) in [5.74, 6) is -0.263. The van der Waals surface area contributed by atoms with Gasteiger partial charge in [-0.25, -0.2) is 23.1 Å². The number of halogens is 2. The molecule has 3 fully saturated rings. The van der Waals surface area contributed by atoms with Gasteiger partial charge in [0.15, 0.2) is 5.65 Å². The number of aliphatic hydroxyl groups is 1. The van der Waals surface area contributed by atoms with E-state index in [4.69, 9.17) is 4.98 Å². The highest BCUT2D eigenvalue weighted by molar-refractivity contribution is 5.98. The first-order chi connectivity index (χ1) is 15.5. The fraction of sp³-hybridized carbons (Fsp3) is 0.409. The third kappa shape index (κ3) is 2.93. The fourth-order valence-corrected chi connectivity index (χ4v) is 5.28. The lowest BCUT2D eigenvalue weighted by atomic mass is 10.0. The van der Waals surface area contributed by atoms with Crippen LogP contribution in [0.2, 0.25) is 0 Å². The van der Waals surface area contributed by atoms with Crippen molar-refractivity contribution in [2.75, 3.05) is 29.4 Å². The third-order valence-corrected chi connectivity index (χ3v) is 6.75. The Bertz CT molecular complexity index is 1220. The lowest BCUT2D eigenvalue weighted by Crippen LogP contribution is -2.33. The van der Waals surface area contributed by atoms with Gasteiger partial charge in [0.05, 0.1) is 24.4 Å². The lowest BCUT2D eigenvalue weighted by Gasteiger charge is -2.26. The summed E-state index contributed by atoms with van der Waals surface area (Å²) in [6.45, 7) is 1.49. The minimum absolute atomic E-state index is 0.0189. The number of carbonyl (C=O) groups excluding carboxylic acids is 1. The second-order valence-electron chi connectivity index (χ2n) is 8.69. The summed E-state index contributed by atoms with van der Waals surface area (Å²) in [6, 6.07) is 4.86. The number of benzene rings is 1. The standard InChI is InChI=1S/C22H22F2N6O2/c23-13-3-4-17(24)16(8-13)18-2-1-6-27(18)20-5-7-30-21(26-20)19(10-25-30)29-11-14-9-15(31)12-28(14)22(29)32/h3-5,7-8,10,14-15,18,31H,1-2,6,9,11-12H2/t14-,15-,18+/m0/s1. The third-order valence-electron chi connectivity index (χ3n) is 6.75. The molecule has 1 N–H and O–H groups in total. The van der Waals surface area contributed by atoms with E-state index in [0.29, 0.717) is 55.2 Å². The molecule has 166 valence electrons. The molecular formula is C22H22F2N6O2. The lowest BCUT2D eigenvalue weighted by molar-refractivity contribution is 0.176. The topological polar surface area (TPSA) is 77.2 Å². The maximum atomic E-state index is 14.5. The Labute approximate surface area is 182 Å². The Kier molecular flexibility index (Phi) is 4.32. The van der Waals surface area contributed by atoms with Crippen LogP contribution in [0.1, 0.15) is 30.9 Å². The van der Waals surface area contributed by atoms with Crippen molar-refractivity contribution in [3.05, 3.63) is 53.9 Å². The molecule has 2 aromatic heterocycles. The number of hydrogen-bond acceptors (Lipinski definition) is 5. The van der Waals surface area contributed by atoms with Crippen molar-refractivity contribution >= 4 is 23.2 Å². The smallest absolute Gasteiger partial charge is 0.325 e. The number of aliphatic hydroxyl groups excluding tert-OH is 1. The highest BCUT2D eigenvalue weighted by Gasteiger charge is 2.45. The zero-order chi connectivity index (χ0) is 22.0. The van der Waals surface area contributed by atoms with Crippen LogP contribution in [0.4, 0.5) is 25.1 Å². The molecule has 0 spiro atoms. The average molecular weight is 440 g/mol. The van der Waals surface area contributed by atoms with Gasteiger partial charge in [0.1, 0.15) is 23.1 Å². The fourth-order valence-electron chi connectivity index (χ4n) is 5.28. The highest BCUT2D eigenvalue weighted by Crippen LogP contribution is 2.38. The predicted octanol–water partition coefficient (Wildman–Crippen LogP) is 2.72. The van der Waals surface area contributed by atoms with Gasteiger partial charge in [-0.3, -0.25) is 4.90 Å². The number of urea groups is 1. The van der Waals surface area contributed by atoms with E-state index in [9.17, 15) is 18.7 Å². The van der Waals surface area contributed by atoms with Gasteiger partial charge in [-0.05, 0) is 43.5 Å². The number of aromatic nitrogens is 3. The van der Waals surface area contributed by atoms with E-state index in [1.165, 1.54) is 6.07 Å². The number of rotatable bonds is 3. The van der Waals surface area contributed by atoms with Crippen molar-refractivity contribution in [3.63, 3.8) is 0 Å². The minimum atomic E-state index is -0.477. The van der Waals surface area contributed by atoms with Crippen molar-refractivity contribution in [1.82, 2.24) is 19.5 Å². The Balaban J connectivity index is 1.35. The monoisotopic (exact) mass is 440 g/mol. The van der Waals surface area contributed by atoms with Gasteiger partial charge in [-0.2, -0.15) is 5.10 Å². The van der Waals surface area contributed by atoms with Crippen LogP contribution in [0.25, 0.3) is 5.65 Å². The Morgan fingerprint density at radius 2 is 2.00 bits per heavy atom. The molecular weight excluding hydrogens is 418 g/mol. The number of carbonyl (C=O) groups is 1. The molecule has 0 saturated carbocycles. The molecule has 3 aliphatic heterocycles. The van der Waals surface area contributed by atoms with Crippen LogP contribution in [0.15, 0.2) is 36.7 Å². The molecule has 0 unspecified atom stereocenters. The summed E-state index contributed by atoms with van der Waals surface area (Å²) in [5, 5.41) is 14.2. The Hall–Kier alpha value is -3.27. The van der Waals surface area contributed by atoms with Crippen molar-refractivity contribution in [2.24, 2.45) is 0 Å². The van der Waals surface area contributed by atoms with Gasteiger partial charge in [-0.15, -0.1) is 0 Å². The second kappa shape index (κ2) is 7.13. The highest BCUT2D eigenvalue weighted by atomic mass is 19.1. The number of anilines is 2. The van der Waals surface area contributed by atoms with Crippen LogP contribution >= 0.6 is 0 Å². The van der Waals surface area contributed by atoms with E-state index in [2.05, 4.69) is 5.10 Å². The van der Waals surface area contributed by atoms with E-state index in [-0.39, 0.29) is 18.1 Å². The van der Waals surface area contributed by atoms with Crippen molar-refractivity contribution < 1.29 is 18.7 Å². The van der Waals surface area contributed by atoms with Gasteiger partial charge in [0.25, 0.3) is 0 Å². The largest absolute Gasteiger partial charge is 0.391 e. The van der Waals surface area contributed by atoms with Crippen molar-refractivity contribution in [3.8, 4) is 0 Å². The average Bonchev–Trinajstić information content (AvgIpc) is 3.54. The summed E-state index contributed by atoms with van der Waals surface area (Å²) in [5.41, 5.74) is 1.46. The molecule has 3 saturated heterocycles. The summed E-state index contributed by atoms with van der Waals surface area (Å²) in [7, 11) is 0. The van der Waals surface area contributed by atoms with Gasteiger partial charge >= 0.3 is 6.03 Å². The molecule has 3 atom stereocenters. The maximum absolute atomic E-state index is 14.5. The molecule has 3 aromatic rings. The first kappa shape index (κ1) is 19.4. The van der Waals surface area contributed by atoms with E-state index < -0.39 is 17.7 Å². The zero-order valence-electron chi connectivity index (χ0n) is 17.2. The van der Waals surface area contributed by atoms with Crippen LogP contribution in [-0.4, -0.2) is 62.4 Å². The molecule has 0 radical (unpaired) electrons. The molecule has 1 aromatic carbocycles. The van der Waals surface area contributed by atoms with Crippen LogP contribution in [-0.2, 0) is 0 Å². The van der Waals surface area contributed by atoms with E-state index in [0.717, 1.165) is 18.6 Å². The maximum Gasteiger partial charge on any atom is 0.325 e. The molecule has 6 rings (SSSR count). The summed E-state index contributed by atoms with van der Waals surface area (Å²) in [4.78, 5) is 23.0. The number of amides is 2. The van der Waals surface area contributed by atoms with Gasteiger partial charge in [0.2, 0.25) is 0 Å². The first-order valence-electron chi connectivity index (χ1n) is 10.8. The number of fused-ring (bicyclic) bond motifs is 2. The number of hydrogen-bond donors (Lipinski definition) is 1. The molecule has 8 nitrogen and oxygen atoms in total. The summed E-state index contributed by atoms with van der Waals surface area (Å²) in [6.07, 6.45) is 5.01. The van der Waals surface area contributed by atoms with E-state index in [1.807, 2.05) is 4.90 Å². The summed E-state index contributed by atoms with van der Waals surface area (Å²) >= 11 is 0. The minimum Gasteiger partial charge on any atom is -0.391 e. The predicted molar refractivity (Wildman–Crippen MR) is 113 cm³/mol. The van der Waals surface area contributed by atoms with Crippen molar-refractivity contribution in [2.45, 2.75) is 37.5 Å².